The number of hydrogen-bond donors (Lipinski definition) is 1. The van der Waals surface area contributed by atoms with Crippen molar-refractivity contribution < 1.29 is 12.8 Å². The van der Waals surface area contributed by atoms with E-state index in [0.717, 1.165) is 5.69 Å². The second-order valence-corrected chi connectivity index (χ2v) is 6.53. The van der Waals surface area contributed by atoms with Crippen LogP contribution in [0.2, 0.25) is 0 Å². The summed E-state index contributed by atoms with van der Waals surface area (Å²) in [7, 11) is -3.01. The monoisotopic (exact) mass is 245 g/mol. The summed E-state index contributed by atoms with van der Waals surface area (Å²) >= 11 is 0. The number of nitrogens with one attached hydrogen (secondary N) is 1. The minimum Gasteiger partial charge on any atom is -0.384 e. The van der Waals surface area contributed by atoms with Crippen LogP contribution >= 0.6 is 0 Å². The van der Waals surface area contributed by atoms with Crippen LogP contribution < -0.4 is 5.32 Å². The molecule has 0 aliphatic carbocycles. The normalized spacial score (nSPS) is 11.8. The lowest BCUT2D eigenvalue weighted by atomic mass is 10.3. The molecule has 16 heavy (non-hydrogen) atoms. The Balaban J connectivity index is 2.45. The Morgan fingerprint density at radius 3 is 2.31 bits per heavy atom. The maximum Gasteiger partial charge on any atom is 0.154 e. The highest BCUT2D eigenvalue weighted by molar-refractivity contribution is 7.92. The zero-order valence-corrected chi connectivity index (χ0v) is 10.2. The molecule has 90 valence electrons. The SMILES string of the molecule is CC(C)S(=O)(=O)CCNc1ccc(F)cc1. The van der Waals surface area contributed by atoms with Gasteiger partial charge in [0, 0.05) is 12.2 Å². The first-order chi connectivity index (χ1) is 7.42. The maximum atomic E-state index is 12.6. The quantitative estimate of drug-likeness (QED) is 0.863. The van der Waals surface area contributed by atoms with Crippen molar-refractivity contribution in [2.75, 3.05) is 17.6 Å². The molecule has 1 aromatic carbocycles. The summed E-state index contributed by atoms with van der Waals surface area (Å²) in [5.74, 6) is -0.220. The molecule has 0 spiro atoms. The van der Waals surface area contributed by atoms with E-state index < -0.39 is 9.84 Å². The van der Waals surface area contributed by atoms with E-state index in [0.29, 0.717) is 6.54 Å². The molecule has 1 N–H and O–H groups in total. The van der Waals surface area contributed by atoms with E-state index in [1.54, 1.807) is 26.0 Å². The first-order valence-electron chi connectivity index (χ1n) is 5.13. The van der Waals surface area contributed by atoms with Gasteiger partial charge < -0.3 is 5.32 Å². The van der Waals surface area contributed by atoms with Crippen molar-refractivity contribution in [2.45, 2.75) is 19.1 Å². The Bertz CT molecular complexity index is 426. The number of anilines is 1. The van der Waals surface area contributed by atoms with Gasteiger partial charge in [-0.25, -0.2) is 12.8 Å². The van der Waals surface area contributed by atoms with Gasteiger partial charge in [0.15, 0.2) is 9.84 Å². The van der Waals surface area contributed by atoms with Crippen LogP contribution in [0.5, 0.6) is 0 Å². The lowest BCUT2D eigenvalue weighted by Gasteiger charge is -2.09. The molecule has 0 aliphatic heterocycles. The van der Waals surface area contributed by atoms with E-state index in [-0.39, 0.29) is 16.8 Å². The van der Waals surface area contributed by atoms with Gasteiger partial charge in [-0.2, -0.15) is 0 Å². The average molecular weight is 245 g/mol. The van der Waals surface area contributed by atoms with Crippen LogP contribution in [0.25, 0.3) is 0 Å². The van der Waals surface area contributed by atoms with E-state index >= 15 is 0 Å². The molecule has 0 heterocycles. The second kappa shape index (κ2) is 5.30. The molecule has 5 heteroatoms. The second-order valence-electron chi connectivity index (χ2n) is 3.85. The van der Waals surface area contributed by atoms with E-state index in [2.05, 4.69) is 5.32 Å². The van der Waals surface area contributed by atoms with Gasteiger partial charge in [0.2, 0.25) is 0 Å². The third kappa shape index (κ3) is 3.81. The fourth-order valence-corrected chi connectivity index (χ4v) is 2.00. The molecule has 3 nitrogen and oxygen atoms in total. The molecule has 0 unspecified atom stereocenters. The zero-order valence-electron chi connectivity index (χ0n) is 9.40. The van der Waals surface area contributed by atoms with Crippen molar-refractivity contribution in [3.8, 4) is 0 Å². The molecule has 0 amide bonds. The number of sulfone groups is 1. The third-order valence-electron chi connectivity index (χ3n) is 2.28. The van der Waals surface area contributed by atoms with Gasteiger partial charge in [0.05, 0.1) is 11.0 Å². The molecular weight excluding hydrogens is 229 g/mol. The van der Waals surface area contributed by atoms with Gasteiger partial charge in [0.1, 0.15) is 5.82 Å². The fourth-order valence-electron chi connectivity index (χ4n) is 1.14. The van der Waals surface area contributed by atoms with E-state index in [1.165, 1.54) is 12.1 Å². The Labute approximate surface area is 95.6 Å². The molecule has 1 aromatic rings. The molecule has 0 fully saturated rings. The van der Waals surface area contributed by atoms with Gasteiger partial charge in [0.25, 0.3) is 0 Å². The molecule has 0 aromatic heterocycles. The van der Waals surface area contributed by atoms with Crippen molar-refractivity contribution in [2.24, 2.45) is 0 Å². The van der Waals surface area contributed by atoms with Crippen LogP contribution in [-0.2, 0) is 9.84 Å². The van der Waals surface area contributed by atoms with Crippen LogP contribution in [0.4, 0.5) is 10.1 Å². The first-order valence-corrected chi connectivity index (χ1v) is 6.84. The minimum atomic E-state index is -3.01. The zero-order chi connectivity index (χ0) is 12.2. The number of rotatable bonds is 5. The number of halogens is 1. The molecule has 0 saturated carbocycles. The van der Waals surface area contributed by atoms with Crippen molar-refractivity contribution in [1.29, 1.82) is 0 Å². The highest BCUT2D eigenvalue weighted by atomic mass is 32.2. The molecule has 1 rings (SSSR count). The summed E-state index contributed by atoms with van der Waals surface area (Å²) in [6.07, 6.45) is 0. The standard InChI is InChI=1S/C11H16FNO2S/c1-9(2)16(14,15)8-7-13-11-5-3-10(12)4-6-11/h3-6,9,13H,7-8H2,1-2H3. The van der Waals surface area contributed by atoms with Crippen LogP contribution in [0.3, 0.4) is 0 Å². The predicted molar refractivity (Wildman–Crippen MR) is 63.8 cm³/mol. The Hall–Kier alpha value is -1.10. The average Bonchev–Trinajstić information content (AvgIpc) is 2.20. The van der Waals surface area contributed by atoms with E-state index in [1.807, 2.05) is 0 Å². The molecule has 0 bridgehead atoms. The molecular formula is C11H16FNO2S. The van der Waals surface area contributed by atoms with Gasteiger partial charge in [-0.1, -0.05) is 0 Å². The lowest BCUT2D eigenvalue weighted by Crippen LogP contribution is -2.22. The van der Waals surface area contributed by atoms with Crippen LogP contribution in [-0.4, -0.2) is 26.0 Å². The minimum absolute atomic E-state index is 0.0854. The van der Waals surface area contributed by atoms with E-state index in [9.17, 15) is 12.8 Å². The van der Waals surface area contributed by atoms with Crippen molar-refractivity contribution >= 4 is 15.5 Å². The summed E-state index contributed by atoms with van der Waals surface area (Å²) in [6.45, 7) is 3.66. The molecule has 0 atom stereocenters. The lowest BCUT2D eigenvalue weighted by molar-refractivity contribution is 0.587. The highest BCUT2D eigenvalue weighted by Gasteiger charge is 2.14. The van der Waals surface area contributed by atoms with Crippen molar-refractivity contribution in [1.82, 2.24) is 0 Å². The number of hydrogen-bond acceptors (Lipinski definition) is 3. The summed E-state index contributed by atoms with van der Waals surface area (Å²) in [4.78, 5) is 0. The van der Waals surface area contributed by atoms with Crippen LogP contribution in [0, 0.1) is 5.82 Å². The topological polar surface area (TPSA) is 46.2 Å². The fraction of sp³-hybridized carbons (Fsp3) is 0.455. The van der Waals surface area contributed by atoms with E-state index in [4.69, 9.17) is 0 Å². The Morgan fingerprint density at radius 2 is 1.81 bits per heavy atom. The Morgan fingerprint density at radius 1 is 1.25 bits per heavy atom. The van der Waals surface area contributed by atoms with Crippen molar-refractivity contribution in [3.63, 3.8) is 0 Å². The first kappa shape index (κ1) is 13.0. The van der Waals surface area contributed by atoms with Crippen molar-refractivity contribution in [3.05, 3.63) is 30.1 Å². The summed E-state index contributed by atoms with van der Waals surface area (Å²) in [5, 5.41) is 2.58. The third-order valence-corrected chi connectivity index (χ3v) is 4.49. The maximum absolute atomic E-state index is 12.6. The molecule has 0 radical (unpaired) electrons. The van der Waals surface area contributed by atoms with Crippen LogP contribution in [0.15, 0.2) is 24.3 Å². The van der Waals surface area contributed by atoms with Gasteiger partial charge in [-0.05, 0) is 38.1 Å². The van der Waals surface area contributed by atoms with Gasteiger partial charge in [-0.3, -0.25) is 0 Å². The predicted octanol–water partition coefficient (Wildman–Crippen LogP) is 2.06. The summed E-state index contributed by atoms with van der Waals surface area (Å²) in [6, 6.07) is 5.83. The smallest absolute Gasteiger partial charge is 0.154 e. The molecule has 0 saturated heterocycles. The summed E-state index contributed by atoms with van der Waals surface area (Å²) < 4.78 is 35.5. The Kier molecular flexibility index (Phi) is 4.29. The largest absolute Gasteiger partial charge is 0.384 e. The summed E-state index contributed by atoms with van der Waals surface area (Å²) in [5.41, 5.74) is 0.723. The van der Waals surface area contributed by atoms with Gasteiger partial charge >= 0.3 is 0 Å². The number of benzene rings is 1. The molecule has 0 aliphatic rings. The van der Waals surface area contributed by atoms with Gasteiger partial charge in [-0.15, -0.1) is 0 Å². The van der Waals surface area contributed by atoms with Crippen LogP contribution in [0.1, 0.15) is 13.8 Å². The highest BCUT2D eigenvalue weighted by Crippen LogP contribution is 2.08.